The van der Waals surface area contributed by atoms with Gasteiger partial charge >= 0.3 is 16.3 Å². The molecule has 0 radical (unpaired) electrons. The van der Waals surface area contributed by atoms with Crippen molar-refractivity contribution in [3.8, 4) is 0 Å². The van der Waals surface area contributed by atoms with Gasteiger partial charge in [0.25, 0.3) is 0 Å². The second-order valence-electron chi connectivity index (χ2n) is 4.19. The third-order valence-electron chi connectivity index (χ3n) is 2.24. The summed E-state index contributed by atoms with van der Waals surface area (Å²) >= 11 is 0. The van der Waals surface area contributed by atoms with Gasteiger partial charge in [0, 0.05) is 13.2 Å². The summed E-state index contributed by atoms with van der Waals surface area (Å²) in [6.45, 7) is 5.31. The van der Waals surface area contributed by atoms with E-state index in [4.69, 9.17) is 5.11 Å². The van der Waals surface area contributed by atoms with E-state index < -0.39 is 22.4 Å². The molecule has 0 aromatic rings. The molecule has 0 spiro atoms. The predicted octanol–water partition coefficient (Wildman–Crippen LogP) is 0.364. The molecule has 0 bridgehead atoms. The number of amides is 1. The number of hydrogen-bond donors (Lipinski definition) is 3. The quantitative estimate of drug-likeness (QED) is 0.596. The van der Waals surface area contributed by atoms with Gasteiger partial charge < -0.3 is 9.84 Å². The van der Waals surface area contributed by atoms with Crippen LogP contribution in [0, 0.1) is 5.92 Å². The van der Waals surface area contributed by atoms with Crippen LogP contribution >= 0.6 is 0 Å². The lowest BCUT2D eigenvalue weighted by Gasteiger charge is -2.15. The Hall–Kier alpha value is -0.860. The largest absolute Gasteiger partial charge is 0.446 e. The molecule has 0 heterocycles. The minimum absolute atomic E-state index is 0.00303. The maximum absolute atomic E-state index is 11.5. The minimum atomic E-state index is -3.91. The Morgan fingerprint density at radius 1 is 1.39 bits per heavy atom. The van der Waals surface area contributed by atoms with Crippen molar-refractivity contribution in [2.24, 2.45) is 5.92 Å². The zero-order valence-electron chi connectivity index (χ0n) is 11.0. The fourth-order valence-corrected chi connectivity index (χ4v) is 2.04. The molecule has 0 aliphatic carbocycles. The third-order valence-corrected chi connectivity index (χ3v) is 3.22. The minimum Gasteiger partial charge on any atom is -0.446 e. The van der Waals surface area contributed by atoms with Crippen molar-refractivity contribution in [3.05, 3.63) is 0 Å². The SMILES string of the molecule is CCC(CCO)CNS(=O)(=O)NC(=O)OC(C)C. The molecule has 1 unspecified atom stereocenters. The Morgan fingerprint density at radius 2 is 2.00 bits per heavy atom. The first-order chi connectivity index (χ1) is 8.30. The molecule has 7 nitrogen and oxygen atoms in total. The molecule has 108 valence electrons. The van der Waals surface area contributed by atoms with Gasteiger partial charge in [-0.05, 0) is 26.2 Å². The molecule has 8 heteroatoms. The van der Waals surface area contributed by atoms with E-state index >= 15 is 0 Å². The van der Waals surface area contributed by atoms with Crippen LogP contribution in [0.5, 0.6) is 0 Å². The molecule has 0 fully saturated rings. The molecule has 1 atom stereocenters. The first-order valence-electron chi connectivity index (χ1n) is 5.89. The van der Waals surface area contributed by atoms with Crippen LogP contribution < -0.4 is 9.44 Å². The highest BCUT2D eigenvalue weighted by Crippen LogP contribution is 2.05. The van der Waals surface area contributed by atoms with Crippen LogP contribution in [0.4, 0.5) is 4.79 Å². The second-order valence-corrected chi connectivity index (χ2v) is 5.69. The number of nitrogens with one attached hydrogen (secondary N) is 2. The van der Waals surface area contributed by atoms with Crippen molar-refractivity contribution >= 4 is 16.3 Å². The van der Waals surface area contributed by atoms with Crippen LogP contribution in [0.1, 0.15) is 33.6 Å². The Morgan fingerprint density at radius 3 is 2.44 bits per heavy atom. The van der Waals surface area contributed by atoms with Gasteiger partial charge in [-0.2, -0.15) is 13.1 Å². The van der Waals surface area contributed by atoms with Crippen molar-refractivity contribution in [3.63, 3.8) is 0 Å². The highest BCUT2D eigenvalue weighted by Gasteiger charge is 2.17. The number of carbonyl (C=O) groups is 1. The van der Waals surface area contributed by atoms with Gasteiger partial charge in [-0.3, -0.25) is 0 Å². The number of rotatable bonds is 8. The Balaban J connectivity index is 4.18. The molecule has 1 amide bonds. The fourth-order valence-electron chi connectivity index (χ4n) is 1.24. The topological polar surface area (TPSA) is 105 Å². The Labute approximate surface area is 108 Å². The number of carbonyl (C=O) groups excluding carboxylic acids is 1. The van der Waals surface area contributed by atoms with Crippen LogP contribution in [0.15, 0.2) is 0 Å². The van der Waals surface area contributed by atoms with E-state index in [9.17, 15) is 13.2 Å². The van der Waals surface area contributed by atoms with Gasteiger partial charge in [0.2, 0.25) is 0 Å². The summed E-state index contributed by atoms with van der Waals surface area (Å²) in [5.41, 5.74) is 0. The first kappa shape index (κ1) is 17.1. The van der Waals surface area contributed by atoms with E-state index in [1.807, 2.05) is 6.92 Å². The van der Waals surface area contributed by atoms with Crippen molar-refractivity contribution < 1.29 is 23.1 Å². The average Bonchev–Trinajstić information content (AvgIpc) is 2.22. The van der Waals surface area contributed by atoms with Crippen molar-refractivity contribution in [2.45, 2.75) is 39.7 Å². The summed E-state index contributed by atoms with van der Waals surface area (Å²) in [4.78, 5) is 11.1. The molecule has 0 rings (SSSR count). The molecule has 18 heavy (non-hydrogen) atoms. The molecule has 3 N–H and O–H groups in total. The van der Waals surface area contributed by atoms with Gasteiger partial charge in [0.05, 0.1) is 6.10 Å². The van der Waals surface area contributed by atoms with E-state index in [1.54, 1.807) is 18.6 Å². The molecular formula is C10H22N2O5S. The summed E-state index contributed by atoms with van der Waals surface area (Å²) < 4.78 is 31.6. The summed E-state index contributed by atoms with van der Waals surface area (Å²) in [6.07, 6.45) is -0.152. The lowest BCUT2D eigenvalue weighted by molar-refractivity contribution is 0.121. The Kier molecular flexibility index (Phi) is 7.88. The second kappa shape index (κ2) is 8.28. The number of aliphatic hydroxyl groups is 1. The molecule has 0 aliphatic heterocycles. The summed E-state index contributed by atoms with van der Waals surface area (Å²) in [7, 11) is -3.91. The molecule has 0 aromatic heterocycles. The maximum atomic E-state index is 11.5. The fraction of sp³-hybridized carbons (Fsp3) is 0.900. The van der Waals surface area contributed by atoms with Crippen LogP contribution in [-0.4, -0.2) is 38.9 Å². The van der Waals surface area contributed by atoms with Gasteiger partial charge in [-0.15, -0.1) is 0 Å². The predicted molar refractivity (Wildman–Crippen MR) is 67.2 cm³/mol. The zero-order valence-corrected chi connectivity index (χ0v) is 11.8. The van der Waals surface area contributed by atoms with Crippen molar-refractivity contribution in [1.82, 2.24) is 9.44 Å². The monoisotopic (exact) mass is 282 g/mol. The third kappa shape index (κ3) is 8.26. The highest BCUT2D eigenvalue weighted by molar-refractivity contribution is 7.88. The first-order valence-corrected chi connectivity index (χ1v) is 7.38. The summed E-state index contributed by atoms with van der Waals surface area (Å²) in [5.74, 6) is 0.0349. The molecule has 0 saturated carbocycles. The van der Waals surface area contributed by atoms with Gasteiger partial charge in [-0.1, -0.05) is 13.3 Å². The van der Waals surface area contributed by atoms with Crippen molar-refractivity contribution in [1.29, 1.82) is 0 Å². The average molecular weight is 282 g/mol. The van der Waals surface area contributed by atoms with E-state index in [0.717, 1.165) is 6.42 Å². The summed E-state index contributed by atoms with van der Waals surface area (Å²) in [5, 5.41) is 8.77. The molecule has 0 saturated heterocycles. The zero-order chi connectivity index (χ0) is 14.2. The molecular weight excluding hydrogens is 260 g/mol. The van der Waals surface area contributed by atoms with Crippen LogP contribution in [0.3, 0.4) is 0 Å². The van der Waals surface area contributed by atoms with Crippen LogP contribution in [0.25, 0.3) is 0 Å². The van der Waals surface area contributed by atoms with E-state index in [-0.39, 0.29) is 19.1 Å². The highest BCUT2D eigenvalue weighted by atomic mass is 32.2. The van der Waals surface area contributed by atoms with E-state index in [1.165, 1.54) is 0 Å². The van der Waals surface area contributed by atoms with Crippen LogP contribution in [0.2, 0.25) is 0 Å². The molecule has 0 aliphatic rings. The number of ether oxygens (including phenoxy) is 1. The molecule has 0 aromatic carbocycles. The number of aliphatic hydroxyl groups excluding tert-OH is 1. The lowest BCUT2D eigenvalue weighted by Crippen LogP contribution is -2.43. The van der Waals surface area contributed by atoms with Gasteiger partial charge in [-0.25, -0.2) is 9.52 Å². The van der Waals surface area contributed by atoms with E-state index in [0.29, 0.717) is 6.42 Å². The van der Waals surface area contributed by atoms with Crippen LogP contribution in [-0.2, 0) is 14.9 Å². The smallest absolute Gasteiger partial charge is 0.422 e. The standard InChI is InChI=1S/C10H22N2O5S/c1-4-9(5-6-13)7-11-18(15,16)12-10(14)17-8(2)3/h8-9,11,13H,4-7H2,1-3H3,(H,12,14). The van der Waals surface area contributed by atoms with Gasteiger partial charge in [0.15, 0.2) is 0 Å². The lowest BCUT2D eigenvalue weighted by atomic mass is 10.0. The summed E-state index contributed by atoms with van der Waals surface area (Å²) in [6, 6.07) is 0. The van der Waals surface area contributed by atoms with Crippen molar-refractivity contribution in [2.75, 3.05) is 13.2 Å². The Bertz CT molecular complexity index is 342. The number of hydrogen-bond acceptors (Lipinski definition) is 5. The normalized spacial score (nSPS) is 13.4. The maximum Gasteiger partial charge on any atom is 0.422 e. The van der Waals surface area contributed by atoms with Gasteiger partial charge in [0.1, 0.15) is 0 Å². The van der Waals surface area contributed by atoms with E-state index in [2.05, 4.69) is 9.46 Å².